The van der Waals surface area contributed by atoms with E-state index >= 15 is 0 Å². The molecular weight excluding hydrogens is 454 g/mol. The maximum atomic E-state index is 13.0. The van der Waals surface area contributed by atoms with Gasteiger partial charge in [0, 0.05) is 19.4 Å². The number of likely N-dealkylation sites (N-methyl/N-ethyl adjacent to an activating group) is 1. The molecule has 3 aromatic carbocycles. The number of aliphatic carboxylic acids is 1. The summed E-state index contributed by atoms with van der Waals surface area (Å²) >= 11 is 0. The Balaban J connectivity index is 1.45. The van der Waals surface area contributed by atoms with Crippen LogP contribution < -0.4 is 4.74 Å². The molecule has 1 amide bonds. The fourth-order valence-electron chi connectivity index (χ4n) is 4.72. The molecule has 1 aliphatic rings. The Morgan fingerprint density at radius 1 is 0.972 bits per heavy atom. The molecule has 1 N–H and O–H groups in total. The number of aryl methyl sites for hydroxylation is 1. The highest BCUT2D eigenvalue weighted by molar-refractivity contribution is 5.81. The molecule has 4 rings (SSSR count). The van der Waals surface area contributed by atoms with Crippen LogP contribution in [0.5, 0.6) is 5.75 Å². The van der Waals surface area contributed by atoms with Crippen molar-refractivity contribution in [1.82, 2.24) is 4.90 Å². The molecule has 0 spiro atoms. The lowest BCUT2D eigenvalue weighted by Gasteiger charge is -2.26. The predicted octanol–water partition coefficient (Wildman–Crippen LogP) is 6.05. The van der Waals surface area contributed by atoms with E-state index in [1.165, 1.54) is 11.9 Å². The number of hydrogen-bond acceptors (Lipinski definition) is 4. The van der Waals surface area contributed by atoms with Gasteiger partial charge in [-0.3, -0.25) is 4.90 Å². The van der Waals surface area contributed by atoms with E-state index in [0.717, 1.165) is 39.1 Å². The third-order valence-electron chi connectivity index (χ3n) is 6.46. The fraction of sp³-hybridized carbons (Fsp3) is 0.333. The summed E-state index contributed by atoms with van der Waals surface area (Å²) in [6, 6.07) is 20.7. The summed E-state index contributed by atoms with van der Waals surface area (Å²) in [5.41, 5.74) is 5.88. The number of carboxylic acids is 1. The number of benzene rings is 3. The number of amides is 1. The van der Waals surface area contributed by atoms with Crippen molar-refractivity contribution in [1.29, 1.82) is 0 Å². The van der Waals surface area contributed by atoms with Crippen molar-refractivity contribution in [2.24, 2.45) is 0 Å². The van der Waals surface area contributed by atoms with Gasteiger partial charge in [0.25, 0.3) is 0 Å². The van der Waals surface area contributed by atoms with Crippen molar-refractivity contribution in [3.8, 4) is 16.9 Å². The van der Waals surface area contributed by atoms with E-state index in [1.54, 1.807) is 0 Å². The topological polar surface area (TPSA) is 76.1 Å². The molecule has 36 heavy (non-hydrogen) atoms. The molecule has 0 aromatic heterocycles. The normalized spacial score (nSPS) is 13.5. The van der Waals surface area contributed by atoms with E-state index in [9.17, 15) is 14.7 Å². The lowest BCUT2D eigenvalue weighted by Crippen LogP contribution is -2.44. The van der Waals surface area contributed by atoms with Crippen molar-refractivity contribution in [3.05, 3.63) is 89.0 Å². The SMILES string of the molecule is Cc1cc(C[C@@H](C(=O)O)N(C)C(=O)OCC2c3ccccc3-c3ccccc32)ccc1OC(C)(C)C. The Labute approximate surface area is 212 Å². The zero-order valence-electron chi connectivity index (χ0n) is 21.4. The monoisotopic (exact) mass is 487 g/mol. The molecule has 1 atom stereocenters. The molecule has 0 heterocycles. The van der Waals surface area contributed by atoms with Gasteiger partial charge in [0.05, 0.1) is 0 Å². The fourth-order valence-corrected chi connectivity index (χ4v) is 4.72. The number of hydrogen-bond donors (Lipinski definition) is 1. The van der Waals surface area contributed by atoms with Crippen LogP contribution in [-0.4, -0.2) is 47.4 Å². The maximum Gasteiger partial charge on any atom is 0.410 e. The van der Waals surface area contributed by atoms with Crippen molar-refractivity contribution in [3.63, 3.8) is 0 Å². The largest absolute Gasteiger partial charge is 0.488 e. The number of nitrogens with zero attached hydrogens (tertiary/aromatic N) is 1. The number of rotatable bonds is 7. The zero-order valence-corrected chi connectivity index (χ0v) is 21.4. The van der Waals surface area contributed by atoms with Crippen molar-refractivity contribution in [2.75, 3.05) is 13.7 Å². The minimum atomic E-state index is -1.08. The van der Waals surface area contributed by atoms with Crippen LogP contribution in [0.15, 0.2) is 66.7 Å². The minimum Gasteiger partial charge on any atom is -0.488 e. The van der Waals surface area contributed by atoms with E-state index in [-0.39, 0.29) is 24.5 Å². The molecule has 0 saturated carbocycles. The third kappa shape index (κ3) is 5.38. The molecule has 0 bridgehead atoms. The summed E-state index contributed by atoms with van der Waals surface area (Å²) in [7, 11) is 1.47. The van der Waals surface area contributed by atoms with Gasteiger partial charge in [-0.15, -0.1) is 0 Å². The van der Waals surface area contributed by atoms with Crippen molar-refractivity contribution < 1.29 is 24.2 Å². The molecule has 0 aliphatic heterocycles. The summed E-state index contributed by atoms with van der Waals surface area (Å²) in [4.78, 5) is 26.2. The standard InChI is InChI=1S/C30H33NO5/c1-19-16-20(14-15-27(19)36-30(2,3)4)17-26(28(32)33)31(5)29(34)35-18-25-23-12-8-6-10-21(23)22-11-7-9-13-24(22)25/h6-16,25-26H,17-18H2,1-5H3,(H,32,33)/t26-/m0/s1. The van der Waals surface area contributed by atoms with Crippen LogP contribution in [0.2, 0.25) is 0 Å². The number of carbonyl (C=O) groups is 2. The second kappa shape index (κ2) is 10.1. The third-order valence-corrected chi connectivity index (χ3v) is 6.46. The minimum absolute atomic E-state index is 0.0870. The quantitative estimate of drug-likeness (QED) is 0.439. The number of fused-ring (bicyclic) bond motifs is 3. The molecule has 0 radical (unpaired) electrons. The van der Waals surface area contributed by atoms with Gasteiger partial charge in [0.1, 0.15) is 24.0 Å². The Kier molecular flexibility index (Phi) is 7.07. The molecular formula is C30H33NO5. The Bertz CT molecular complexity index is 1230. The number of ether oxygens (including phenoxy) is 2. The van der Waals surface area contributed by atoms with Gasteiger partial charge in [-0.05, 0) is 67.1 Å². The molecule has 6 heteroatoms. The molecule has 3 aromatic rings. The van der Waals surface area contributed by atoms with Crippen LogP contribution in [0.4, 0.5) is 4.79 Å². The van der Waals surface area contributed by atoms with Crippen molar-refractivity contribution in [2.45, 2.75) is 51.7 Å². The van der Waals surface area contributed by atoms with Crippen LogP contribution in [0.3, 0.4) is 0 Å². The lowest BCUT2D eigenvalue weighted by atomic mass is 9.98. The smallest absolute Gasteiger partial charge is 0.410 e. The van der Waals surface area contributed by atoms with Crippen LogP contribution in [-0.2, 0) is 16.0 Å². The van der Waals surface area contributed by atoms with E-state index in [1.807, 2.05) is 82.3 Å². The molecule has 0 saturated heterocycles. The average molecular weight is 488 g/mol. The van der Waals surface area contributed by atoms with E-state index < -0.39 is 18.1 Å². The second-order valence-electron chi connectivity index (χ2n) is 10.3. The summed E-state index contributed by atoms with van der Waals surface area (Å²) in [6.07, 6.45) is -0.499. The van der Waals surface area contributed by atoms with Gasteiger partial charge >= 0.3 is 12.1 Å². The Morgan fingerprint density at radius 3 is 2.08 bits per heavy atom. The van der Waals surface area contributed by atoms with Gasteiger partial charge in [-0.1, -0.05) is 60.7 Å². The molecule has 1 aliphatic carbocycles. The van der Waals surface area contributed by atoms with Gasteiger partial charge in [0.2, 0.25) is 0 Å². The number of carboxylic acid groups (broad SMARTS) is 1. The van der Waals surface area contributed by atoms with E-state index in [4.69, 9.17) is 9.47 Å². The Morgan fingerprint density at radius 2 is 1.56 bits per heavy atom. The van der Waals surface area contributed by atoms with E-state index in [0.29, 0.717) is 0 Å². The van der Waals surface area contributed by atoms with Gasteiger partial charge in [0.15, 0.2) is 0 Å². The first-order chi connectivity index (χ1) is 17.0. The summed E-state index contributed by atoms with van der Waals surface area (Å²) in [5, 5.41) is 9.90. The maximum absolute atomic E-state index is 13.0. The summed E-state index contributed by atoms with van der Waals surface area (Å²) < 4.78 is 11.6. The molecule has 6 nitrogen and oxygen atoms in total. The van der Waals surface area contributed by atoms with Gasteiger partial charge < -0.3 is 14.6 Å². The van der Waals surface area contributed by atoms with Crippen LogP contribution in [0.1, 0.15) is 48.9 Å². The van der Waals surface area contributed by atoms with Crippen molar-refractivity contribution >= 4 is 12.1 Å². The average Bonchev–Trinajstić information content (AvgIpc) is 3.15. The van der Waals surface area contributed by atoms with Crippen LogP contribution in [0, 0.1) is 6.92 Å². The highest BCUT2D eigenvalue weighted by atomic mass is 16.6. The summed E-state index contributed by atoms with van der Waals surface area (Å²) in [6.45, 7) is 8.00. The first kappa shape index (κ1) is 25.3. The van der Waals surface area contributed by atoms with Gasteiger partial charge in [-0.25, -0.2) is 9.59 Å². The number of carbonyl (C=O) groups excluding carboxylic acids is 1. The predicted molar refractivity (Wildman–Crippen MR) is 140 cm³/mol. The summed E-state index contributed by atoms with van der Waals surface area (Å²) in [5.74, 6) is -0.419. The lowest BCUT2D eigenvalue weighted by molar-refractivity contribution is -0.142. The first-order valence-electron chi connectivity index (χ1n) is 12.1. The molecule has 0 unspecified atom stereocenters. The first-order valence-corrected chi connectivity index (χ1v) is 12.1. The van der Waals surface area contributed by atoms with Crippen LogP contribution >= 0.6 is 0 Å². The molecule has 188 valence electrons. The van der Waals surface area contributed by atoms with Crippen LogP contribution in [0.25, 0.3) is 11.1 Å². The Hall–Kier alpha value is -3.80. The highest BCUT2D eigenvalue weighted by Crippen LogP contribution is 2.44. The van der Waals surface area contributed by atoms with E-state index in [2.05, 4.69) is 12.1 Å². The zero-order chi connectivity index (χ0) is 26.0. The highest BCUT2D eigenvalue weighted by Gasteiger charge is 2.32. The second-order valence-corrected chi connectivity index (χ2v) is 10.3. The molecule has 0 fully saturated rings. The van der Waals surface area contributed by atoms with Gasteiger partial charge in [-0.2, -0.15) is 0 Å².